The Morgan fingerprint density at radius 3 is 2.81 bits per heavy atom. The van der Waals surface area contributed by atoms with Gasteiger partial charge in [0.2, 0.25) is 0 Å². The Morgan fingerprint density at radius 1 is 1.30 bits per heavy atom. The van der Waals surface area contributed by atoms with Crippen LogP contribution in [0, 0.1) is 5.92 Å². The number of Topliss-reactive ketones (excluding diaryl/α,β-unsaturated/α-hetero) is 1. The average molecular weight is 365 g/mol. The van der Waals surface area contributed by atoms with Crippen LogP contribution in [0.4, 0.5) is 0 Å². The highest BCUT2D eigenvalue weighted by atomic mass is 16.5. The van der Waals surface area contributed by atoms with Gasteiger partial charge in [-0.15, -0.1) is 0 Å². The minimum atomic E-state index is -0.346. The Labute approximate surface area is 160 Å². The highest BCUT2D eigenvalue weighted by molar-refractivity contribution is 6.13. The summed E-state index contributed by atoms with van der Waals surface area (Å²) in [4.78, 5) is 15.5. The molecule has 0 spiro atoms. The number of carbonyl (C=O) groups excluding carboxylic acids is 1. The predicted octanol–water partition coefficient (Wildman–Crippen LogP) is 2.36. The van der Waals surface area contributed by atoms with Gasteiger partial charge in [0.05, 0.1) is 6.04 Å². The fourth-order valence-corrected chi connectivity index (χ4v) is 4.39. The van der Waals surface area contributed by atoms with Crippen LogP contribution in [0.5, 0.6) is 5.75 Å². The van der Waals surface area contributed by atoms with E-state index in [1.165, 1.54) is 0 Å². The van der Waals surface area contributed by atoms with Crippen molar-refractivity contribution in [2.45, 2.75) is 25.3 Å². The maximum absolute atomic E-state index is 13.4. The van der Waals surface area contributed by atoms with E-state index in [9.17, 15) is 4.79 Å². The maximum Gasteiger partial charge on any atom is 0.191 e. The van der Waals surface area contributed by atoms with Crippen LogP contribution >= 0.6 is 0 Å². The van der Waals surface area contributed by atoms with Crippen molar-refractivity contribution in [2.75, 3.05) is 27.2 Å². The lowest BCUT2D eigenvalue weighted by Gasteiger charge is -2.35. The van der Waals surface area contributed by atoms with Gasteiger partial charge < -0.3 is 20.7 Å². The summed E-state index contributed by atoms with van der Waals surface area (Å²) in [5, 5.41) is 3.58. The van der Waals surface area contributed by atoms with E-state index in [2.05, 4.69) is 24.1 Å². The number of carbonyl (C=O) groups is 1. The van der Waals surface area contributed by atoms with Crippen LogP contribution in [0.3, 0.4) is 0 Å². The maximum atomic E-state index is 13.4. The molecule has 0 aromatic heterocycles. The molecule has 27 heavy (non-hydrogen) atoms. The van der Waals surface area contributed by atoms with Gasteiger partial charge in [0.1, 0.15) is 12.4 Å². The highest BCUT2D eigenvalue weighted by Crippen LogP contribution is 2.49. The molecule has 142 valence electrons. The first kappa shape index (κ1) is 17.9. The van der Waals surface area contributed by atoms with Gasteiger partial charge in [-0.05, 0) is 32.3 Å². The van der Waals surface area contributed by atoms with Gasteiger partial charge in [-0.1, -0.05) is 32.1 Å². The molecule has 0 radical (unpaired) electrons. The van der Waals surface area contributed by atoms with Gasteiger partial charge >= 0.3 is 0 Å². The largest absolute Gasteiger partial charge is 0.492 e. The number of benzene rings is 1. The smallest absolute Gasteiger partial charge is 0.191 e. The molecule has 0 saturated heterocycles. The Morgan fingerprint density at radius 2 is 2.07 bits per heavy atom. The molecule has 0 amide bonds. The Balaban J connectivity index is 1.76. The standard InChI is InChI=1S/C22H27N3O2/c1-22(2)19-15(6-5-7-17(19)27-11-10-25(3)4)20(26)18-14-9-8-13(23)12-16(14)24-21(18)22/h5-9,12,14,16,24H,10-11,23H2,1-4H3/t14-,16?/m0/s1. The third kappa shape index (κ3) is 2.77. The van der Waals surface area contributed by atoms with E-state index < -0.39 is 0 Å². The molecule has 0 bridgehead atoms. The minimum absolute atomic E-state index is 0.0329. The number of rotatable bonds is 4. The fourth-order valence-electron chi connectivity index (χ4n) is 4.39. The number of nitrogens with one attached hydrogen (secondary N) is 1. The van der Waals surface area contributed by atoms with Crippen molar-refractivity contribution < 1.29 is 9.53 Å². The summed E-state index contributed by atoms with van der Waals surface area (Å²) in [5.74, 6) is 0.919. The summed E-state index contributed by atoms with van der Waals surface area (Å²) < 4.78 is 6.09. The summed E-state index contributed by atoms with van der Waals surface area (Å²) >= 11 is 0. The lowest BCUT2D eigenvalue weighted by molar-refractivity contribution is 0.101. The van der Waals surface area contributed by atoms with Crippen LogP contribution in [0.2, 0.25) is 0 Å². The van der Waals surface area contributed by atoms with Crippen molar-refractivity contribution in [3.05, 3.63) is 64.5 Å². The highest BCUT2D eigenvalue weighted by Gasteiger charge is 2.48. The van der Waals surface area contributed by atoms with Gasteiger partial charge in [0, 0.05) is 46.0 Å². The quantitative estimate of drug-likeness (QED) is 0.857. The zero-order valence-electron chi connectivity index (χ0n) is 16.4. The predicted molar refractivity (Wildman–Crippen MR) is 107 cm³/mol. The van der Waals surface area contributed by atoms with Crippen molar-refractivity contribution in [2.24, 2.45) is 11.7 Å². The number of likely N-dealkylation sites (N-methyl/N-ethyl adjacent to an activating group) is 1. The number of hydrogen-bond acceptors (Lipinski definition) is 5. The summed E-state index contributed by atoms with van der Waals surface area (Å²) in [6, 6.07) is 5.84. The number of nitrogens with two attached hydrogens (primary N) is 1. The number of allylic oxidation sites excluding steroid dienone is 2. The number of ether oxygens (including phenoxy) is 1. The molecule has 0 fully saturated rings. The second-order valence-corrected chi connectivity index (χ2v) is 8.29. The van der Waals surface area contributed by atoms with E-state index >= 15 is 0 Å². The molecule has 1 heterocycles. The Hall–Kier alpha value is -2.53. The number of nitrogens with zero attached hydrogens (tertiary/aromatic N) is 1. The summed E-state index contributed by atoms with van der Waals surface area (Å²) in [7, 11) is 4.04. The summed E-state index contributed by atoms with van der Waals surface area (Å²) in [6.45, 7) is 5.73. The van der Waals surface area contributed by atoms with Gasteiger partial charge in [0.25, 0.3) is 0 Å². The molecule has 5 nitrogen and oxygen atoms in total. The topological polar surface area (TPSA) is 67.6 Å². The van der Waals surface area contributed by atoms with Crippen LogP contribution in [0.1, 0.15) is 29.8 Å². The molecule has 5 heteroatoms. The van der Waals surface area contributed by atoms with Crippen molar-refractivity contribution in [1.29, 1.82) is 0 Å². The first-order valence-electron chi connectivity index (χ1n) is 9.43. The van der Waals surface area contributed by atoms with E-state index in [-0.39, 0.29) is 23.2 Å². The molecule has 4 rings (SSSR count). The van der Waals surface area contributed by atoms with Gasteiger partial charge in [0.15, 0.2) is 5.78 Å². The van der Waals surface area contributed by atoms with Crippen LogP contribution < -0.4 is 15.8 Å². The molecule has 0 saturated carbocycles. The van der Waals surface area contributed by atoms with Crippen molar-refractivity contribution in [1.82, 2.24) is 10.2 Å². The fraction of sp³-hybridized carbons (Fsp3) is 0.409. The van der Waals surface area contributed by atoms with E-state index in [1.54, 1.807) is 0 Å². The summed E-state index contributed by atoms with van der Waals surface area (Å²) in [6.07, 6.45) is 5.95. The molecule has 1 unspecified atom stereocenters. The molecule has 2 aliphatic carbocycles. The van der Waals surface area contributed by atoms with Crippen LogP contribution in [-0.2, 0) is 5.41 Å². The molecule has 2 atom stereocenters. The first-order chi connectivity index (χ1) is 12.8. The molecule has 1 aromatic carbocycles. The number of fused-ring (bicyclic) bond motifs is 3. The van der Waals surface area contributed by atoms with Crippen molar-refractivity contribution in [3.8, 4) is 5.75 Å². The summed E-state index contributed by atoms with van der Waals surface area (Å²) in [5.41, 5.74) is 9.95. The van der Waals surface area contributed by atoms with Crippen LogP contribution in [0.15, 0.2) is 53.4 Å². The Bertz CT molecular complexity index is 893. The normalized spacial score (nSPS) is 24.9. The first-order valence-corrected chi connectivity index (χ1v) is 9.43. The lowest BCUT2D eigenvalue weighted by Crippen LogP contribution is -2.36. The molecular formula is C22H27N3O2. The van der Waals surface area contributed by atoms with Crippen LogP contribution in [-0.4, -0.2) is 44.0 Å². The zero-order chi connectivity index (χ0) is 19.3. The Kier molecular flexibility index (Phi) is 4.15. The second-order valence-electron chi connectivity index (χ2n) is 8.29. The third-order valence-electron chi connectivity index (χ3n) is 5.73. The second kappa shape index (κ2) is 6.27. The monoisotopic (exact) mass is 365 g/mol. The average Bonchev–Trinajstić information content (AvgIpc) is 2.99. The van der Waals surface area contributed by atoms with Crippen LogP contribution in [0.25, 0.3) is 0 Å². The number of hydrogen-bond donors (Lipinski definition) is 2. The molecular weight excluding hydrogens is 338 g/mol. The molecule has 3 aliphatic rings. The van der Waals surface area contributed by atoms with E-state index in [4.69, 9.17) is 10.5 Å². The van der Waals surface area contributed by atoms with Crippen molar-refractivity contribution in [3.63, 3.8) is 0 Å². The van der Waals surface area contributed by atoms with E-state index in [0.717, 1.165) is 40.4 Å². The SMILES string of the molecule is CN(C)CCOc1cccc2c1C(C)(C)C1=C(C2=O)[C@H]2C=CC(N)=CC2N1. The minimum Gasteiger partial charge on any atom is -0.492 e. The van der Waals surface area contributed by atoms with Gasteiger partial charge in [-0.2, -0.15) is 0 Å². The molecule has 1 aromatic rings. The lowest BCUT2D eigenvalue weighted by atomic mass is 9.69. The number of ketones is 1. The molecule has 3 N–H and O–H groups in total. The zero-order valence-corrected chi connectivity index (χ0v) is 16.4. The van der Waals surface area contributed by atoms with E-state index in [1.807, 2.05) is 50.5 Å². The third-order valence-corrected chi connectivity index (χ3v) is 5.73. The van der Waals surface area contributed by atoms with E-state index in [0.29, 0.717) is 6.61 Å². The molecule has 1 aliphatic heterocycles. The van der Waals surface area contributed by atoms with Gasteiger partial charge in [-0.25, -0.2) is 0 Å². The van der Waals surface area contributed by atoms with Gasteiger partial charge in [-0.3, -0.25) is 4.79 Å². The van der Waals surface area contributed by atoms with Crippen molar-refractivity contribution >= 4 is 5.78 Å².